The summed E-state index contributed by atoms with van der Waals surface area (Å²) in [4.78, 5) is 13.9. The Hall–Kier alpha value is -2.66. The maximum absolute atomic E-state index is 12.0. The van der Waals surface area contributed by atoms with Crippen LogP contribution >= 0.6 is 0 Å². The number of aromatic nitrogens is 2. The Labute approximate surface area is 147 Å². The van der Waals surface area contributed by atoms with Crippen molar-refractivity contribution in [2.75, 3.05) is 11.4 Å². The lowest BCUT2D eigenvalue weighted by atomic mass is 10.1. The summed E-state index contributed by atoms with van der Waals surface area (Å²) in [6.07, 6.45) is 2.77. The van der Waals surface area contributed by atoms with Gasteiger partial charge >= 0.3 is 0 Å². The molecule has 25 heavy (non-hydrogen) atoms. The maximum Gasteiger partial charge on any atom is 0.226 e. The highest BCUT2D eigenvalue weighted by atomic mass is 16.2. The second-order valence-electron chi connectivity index (χ2n) is 6.49. The Morgan fingerprint density at radius 3 is 2.72 bits per heavy atom. The Morgan fingerprint density at radius 1 is 1.04 bits per heavy atom. The summed E-state index contributed by atoms with van der Waals surface area (Å²) in [5.41, 5.74) is 4.31. The van der Waals surface area contributed by atoms with Crippen LogP contribution in [-0.4, -0.2) is 22.6 Å². The topological polar surface area (TPSA) is 61.0 Å². The molecule has 1 aliphatic heterocycles. The fraction of sp³-hybridized carbons (Fsp3) is 0.300. The summed E-state index contributed by atoms with van der Waals surface area (Å²) >= 11 is 0. The Balaban J connectivity index is 1.36. The number of carbonyl (C=O) groups is 1. The van der Waals surface area contributed by atoms with Gasteiger partial charge in [0.2, 0.25) is 5.91 Å². The number of rotatable bonds is 5. The molecule has 3 aromatic rings. The average Bonchev–Trinajstić information content (AvgIpc) is 3.06. The zero-order valence-corrected chi connectivity index (χ0v) is 14.2. The first-order chi connectivity index (χ1) is 12.3. The quantitative estimate of drug-likeness (QED) is 0.752. The highest BCUT2D eigenvalue weighted by Gasteiger charge is 2.19. The molecule has 2 aromatic carbocycles. The van der Waals surface area contributed by atoms with E-state index in [4.69, 9.17) is 0 Å². The number of nitrogens with one attached hydrogen (secondary N) is 2. The molecule has 2 N–H and O–H groups in total. The molecule has 0 spiro atoms. The number of piperidine rings is 1. The zero-order chi connectivity index (χ0) is 17.1. The molecular weight excluding hydrogens is 312 g/mol. The van der Waals surface area contributed by atoms with Crippen LogP contribution in [0.25, 0.3) is 10.9 Å². The summed E-state index contributed by atoms with van der Waals surface area (Å²) in [5, 5.41) is 12.0. The van der Waals surface area contributed by atoms with Gasteiger partial charge in [0.05, 0.1) is 11.2 Å². The van der Waals surface area contributed by atoms with E-state index in [2.05, 4.69) is 33.7 Å². The number of aromatic amines is 1. The minimum atomic E-state index is 0.239. The number of hydrogen-bond acceptors (Lipinski definition) is 3. The van der Waals surface area contributed by atoms with Gasteiger partial charge in [-0.05, 0) is 36.6 Å². The van der Waals surface area contributed by atoms with Crippen LogP contribution in [0, 0.1) is 0 Å². The molecule has 4 rings (SSSR count). The molecule has 1 amide bonds. The summed E-state index contributed by atoms with van der Waals surface area (Å²) < 4.78 is 0. The minimum Gasteiger partial charge on any atom is -0.312 e. The highest BCUT2D eigenvalue weighted by molar-refractivity contribution is 5.93. The van der Waals surface area contributed by atoms with Gasteiger partial charge in [0, 0.05) is 37.1 Å². The Kier molecular flexibility index (Phi) is 4.48. The molecule has 1 saturated heterocycles. The molecule has 1 aromatic heterocycles. The van der Waals surface area contributed by atoms with Gasteiger partial charge in [-0.15, -0.1) is 0 Å². The molecule has 1 aliphatic rings. The van der Waals surface area contributed by atoms with Gasteiger partial charge in [-0.3, -0.25) is 9.89 Å². The molecule has 2 heterocycles. The molecule has 0 aliphatic carbocycles. The third kappa shape index (κ3) is 3.42. The van der Waals surface area contributed by atoms with Gasteiger partial charge in [0.1, 0.15) is 0 Å². The molecule has 5 heteroatoms. The lowest BCUT2D eigenvalue weighted by molar-refractivity contribution is -0.119. The molecule has 0 atom stereocenters. The van der Waals surface area contributed by atoms with E-state index in [0.29, 0.717) is 6.42 Å². The highest BCUT2D eigenvalue weighted by Crippen LogP contribution is 2.21. The summed E-state index contributed by atoms with van der Waals surface area (Å²) in [5.74, 6) is 0.239. The number of carbonyl (C=O) groups excluding carboxylic acids is 1. The van der Waals surface area contributed by atoms with Crippen LogP contribution in [0.4, 0.5) is 5.69 Å². The number of amides is 1. The number of para-hydroxylation sites is 1. The number of H-pyrrole nitrogens is 1. The molecule has 0 saturated carbocycles. The molecule has 128 valence electrons. The molecule has 0 unspecified atom stereocenters. The van der Waals surface area contributed by atoms with Crippen LogP contribution in [0.1, 0.15) is 30.5 Å². The van der Waals surface area contributed by atoms with E-state index in [1.165, 1.54) is 5.56 Å². The normalized spacial score (nSPS) is 15.0. The standard InChI is InChI=1S/C20H22N4O/c25-20-7-3-4-12-24(20)16-10-8-15(9-11-16)13-21-14-19-17-5-1-2-6-18(17)22-23-19/h1-2,5-6,8-11,21H,3-4,7,12-14H2,(H,22,23). The molecule has 0 bridgehead atoms. The lowest BCUT2D eigenvalue weighted by Crippen LogP contribution is -2.35. The van der Waals surface area contributed by atoms with Gasteiger partial charge in [-0.1, -0.05) is 30.3 Å². The smallest absolute Gasteiger partial charge is 0.226 e. The first-order valence-electron chi connectivity index (χ1n) is 8.83. The Bertz CT molecular complexity index is 869. The van der Waals surface area contributed by atoms with E-state index in [1.807, 2.05) is 35.2 Å². The van der Waals surface area contributed by atoms with Crippen LogP contribution in [0.3, 0.4) is 0 Å². The molecular formula is C20H22N4O. The van der Waals surface area contributed by atoms with E-state index in [1.54, 1.807) is 0 Å². The van der Waals surface area contributed by atoms with Crippen molar-refractivity contribution in [3.05, 3.63) is 59.8 Å². The van der Waals surface area contributed by atoms with Crippen LogP contribution in [0.15, 0.2) is 48.5 Å². The number of fused-ring (bicyclic) bond motifs is 1. The van der Waals surface area contributed by atoms with E-state index in [0.717, 1.165) is 54.8 Å². The summed E-state index contributed by atoms with van der Waals surface area (Å²) in [7, 11) is 0. The first kappa shape index (κ1) is 15.8. The van der Waals surface area contributed by atoms with Crippen LogP contribution in [0.5, 0.6) is 0 Å². The number of nitrogens with zero attached hydrogens (tertiary/aromatic N) is 2. The molecule has 0 radical (unpaired) electrons. The van der Waals surface area contributed by atoms with E-state index < -0.39 is 0 Å². The van der Waals surface area contributed by atoms with Crippen molar-refractivity contribution in [1.82, 2.24) is 15.5 Å². The second kappa shape index (κ2) is 7.07. The van der Waals surface area contributed by atoms with Crippen molar-refractivity contribution in [1.29, 1.82) is 0 Å². The van der Waals surface area contributed by atoms with Gasteiger partial charge in [0.15, 0.2) is 0 Å². The monoisotopic (exact) mass is 334 g/mol. The lowest BCUT2D eigenvalue weighted by Gasteiger charge is -2.26. The average molecular weight is 334 g/mol. The van der Waals surface area contributed by atoms with Crippen LogP contribution in [-0.2, 0) is 17.9 Å². The van der Waals surface area contributed by atoms with Crippen molar-refractivity contribution < 1.29 is 4.79 Å². The number of benzene rings is 2. The SMILES string of the molecule is O=C1CCCCN1c1ccc(CNCc2[nH]nc3ccccc23)cc1. The van der Waals surface area contributed by atoms with Crippen molar-refractivity contribution in [2.45, 2.75) is 32.4 Å². The van der Waals surface area contributed by atoms with Crippen molar-refractivity contribution in [3.63, 3.8) is 0 Å². The summed E-state index contributed by atoms with van der Waals surface area (Å²) in [6.45, 7) is 2.36. The predicted octanol–water partition coefficient (Wildman–Crippen LogP) is 3.37. The minimum absolute atomic E-state index is 0.239. The largest absolute Gasteiger partial charge is 0.312 e. The summed E-state index contributed by atoms with van der Waals surface area (Å²) in [6, 6.07) is 16.4. The zero-order valence-electron chi connectivity index (χ0n) is 14.2. The molecule has 1 fully saturated rings. The van der Waals surface area contributed by atoms with E-state index >= 15 is 0 Å². The van der Waals surface area contributed by atoms with Gasteiger partial charge in [-0.2, -0.15) is 5.10 Å². The van der Waals surface area contributed by atoms with Crippen molar-refractivity contribution in [2.24, 2.45) is 0 Å². The van der Waals surface area contributed by atoms with Gasteiger partial charge in [-0.25, -0.2) is 0 Å². The van der Waals surface area contributed by atoms with Gasteiger partial charge in [0.25, 0.3) is 0 Å². The van der Waals surface area contributed by atoms with E-state index in [-0.39, 0.29) is 5.91 Å². The Morgan fingerprint density at radius 2 is 1.88 bits per heavy atom. The predicted molar refractivity (Wildman–Crippen MR) is 99.3 cm³/mol. The van der Waals surface area contributed by atoms with E-state index in [9.17, 15) is 4.79 Å². The fourth-order valence-electron chi connectivity index (χ4n) is 3.35. The number of hydrogen-bond donors (Lipinski definition) is 2. The van der Waals surface area contributed by atoms with Gasteiger partial charge < -0.3 is 10.2 Å². The second-order valence-corrected chi connectivity index (χ2v) is 6.49. The number of anilines is 1. The van der Waals surface area contributed by atoms with Crippen molar-refractivity contribution >= 4 is 22.5 Å². The van der Waals surface area contributed by atoms with Crippen LogP contribution < -0.4 is 10.2 Å². The van der Waals surface area contributed by atoms with Crippen LogP contribution in [0.2, 0.25) is 0 Å². The maximum atomic E-state index is 12.0. The molecule has 5 nitrogen and oxygen atoms in total. The fourth-order valence-corrected chi connectivity index (χ4v) is 3.35. The third-order valence-electron chi connectivity index (χ3n) is 4.74. The first-order valence-corrected chi connectivity index (χ1v) is 8.83. The third-order valence-corrected chi connectivity index (χ3v) is 4.74. The van der Waals surface area contributed by atoms with Crippen molar-refractivity contribution in [3.8, 4) is 0 Å².